The molecule has 1 aromatic carbocycles. The summed E-state index contributed by atoms with van der Waals surface area (Å²) in [6.07, 6.45) is 1.34. The van der Waals surface area contributed by atoms with Gasteiger partial charge in [-0.3, -0.25) is 4.79 Å². The topological polar surface area (TPSA) is 76.5 Å². The van der Waals surface area contributed by atoms with E-state index in [1.54, 1.807) is 24.3 Å². The highest BCUT2D eigenvalue weighted by molar-refractivity contribution is 6.13. The molecule has 0 amide bonds. The van der Waals surface area contributed by atoms with Crippen molar-refractivity contribution < 1.29 is 19.4 Å². The Morgan fingerprint density at radius 1 is 1.16 bits per heavy atom. The summed E-state index contributed by atoms with van der Waals surface area (Å²) in [5.41, 5.74) is 0.208. The number of methoxy groups -OCH3 is 1. The van der Waals surface area contributed by atoms with Crippen LogP contribution in [0.1, 0.15) is 26.4 Å². The van der Waals surface area contributed by atoms with Crippen LogP contribution in [0.25, 0.3) is 0 Å². The molecule has 2 aromatic rings. The smallest absolute Gasteiger partial charge is 0.355 e. The molecule has 0 aliphatic rings. The van der Waals surface area contributed by atoms with Crippen LogP contribution < -0.4 is 4.74 Å². The van der Waals surface area contributed by atoms with Crippen LogP contribution >= 0.6 is 0 Å². The van der Waals surface area contributed by atoms with Gasteiger partial charge in [-0.05, 0) is 36.4 Å². The highest BCUT2D eigenvalue weighted by atomic mass is 16.5. The number of aromatic carboxylic acids is 1. The molecule has 0 radical (unpaired) electrons. The molecule has 1 heterocycles. The second-order valence-electron chi connectivity index (χ2n) is 3.76. The third-order valence-electron chi connectivity index (χ3n) is 2.61. The molecule has 0 spiro atoms. The number of carboxylic acids is 1. The number of hydrogen-bond donors (Lipinski definition) is 1. The van der Waals surface area contributed by atoms with Gasteiger partial charge in [-0.15, -0.1) is 0 Å². The average Bonchev–Trinajstić information content (AvgIpc) is 2.46. The summed E-state index contributed by atoms with van der Waals surface area (Å²) in [4.78, 5) is 27.0. The fraction of sp³-hybridized carbons (Fsp3) is 0.0714. The van der Waals surface area contributed by atoms with Crippen LogP contribution in [0.15, 0.2) is 42.6 Å². The number of nitrogens with zero attached hydrogens (tertiary/aromatic N) is 1. The fourth-order valence-corrected chi connectivity index (χ4v) is 1.66. The zero-order valence-electron chi connectivity index (χ0n) is 10.2. The molecule has 1 aromatic heterocycles. The summed E-state index contributed by atoms with van der Waals surface area (Å²) in [7, 11) is 1.53. The molecule has 0 saturated heterocycles. The molecule has 5 nitrogen and oxygen atoms in total. The second-order valence-corrected chi connectivity index (χ2v) is 3.76. The third-order valence-corrected chi connectivity index (χ3v) is 2.61. The lowest BCUT2D eigenvalue weighted by molar-refractivity contribution is 0.0686. The molecule has 0 bridgehead atoms. The number of hydrogen-bond acceptors (Lipinski definition) is 4. The minimum absolute atomic E-state index is 0.0696. The van der Waals surface area contributed by atoms with Gasteiger partial charge in [-0.25, -0.2) is 9.78 Å². The Hall–Kier alpha value is -2.69. The van der Waals surface area contributed by atoms with Crippen molar-refractivity contribution in [3.05, 3.63) is 59.4 Å². The van der Waals surface area contributed by atoms with Crippen molar-refractivity contribution in [2.24, 2.45) is 0 Å². The standard InChI is InChI=1S/C14H11NO4/c1-19-10-6-4-9(5-7-10)13(16)11-3-2-8-15-12(11)14(17)18/h2-8H,1H3,(H,17,18). The number of rotatable bonds is 4. The zero-order chi connectivity index (χ0) is 13.8. The van der Waals surface area contributed by atoms with Crippen LogP contribution in [0.2, 0.25) is 0 Å². The predicted molar refractivity (Wildman–Crippen MR) is 67.6 cm³/mol. The van der Waals surface area contributed by atoms with Gasteiger partial charge in [0.15, 0.2) is 11.5 Å². The summed E-state index contributed by atoms with van der Waals surface area (Å²) in [5, 5.41) is 9.01. The van der Waals surface area contributed by atoms with Crippen molar-refractivity contribution in [2.75, 3.05) is 7.11 Å². The first-order valence-electron chi connectivity index (χ1n) is 5.50. The Morgan fingerprint density at radius 2 is 1.84 bits per heavy atom. The SMILES string of the molecule is COc1ccc(C(=O)c2cccnc2C(=O)O)cc1. The van der Waals surface area contributed by atoms with E-state index in [1.807, 2.05) is 0 Å². The minimum Gasteiger partial charge on any atom is -0.497 e. The van der Waals surface area contributed by atoms with E-state index in [0.29, 0.717) is 11.3 Å². The van der Waals surface area contributed by atoms with Crippen molar-refractivity contribution in [1.29, 1.82) is 0 Å². The maximum atomic E-state index is 12.2. The Morgan fingerprint density at radius 3 is 2.42 bits per heavy atom. The summed E-state index contributed by atoms with van der Waals surface area (Å²) in [6, 6.07) is 9.43. The summed E-state index contributed by atoms with van der Waals surface area (Å²) < 4.78 is 5.00. The number of ether oxygens (including phenoxy) is 1. The number of carboxylic acid groups (broad SMARTS) is 1. The van der Waals surface area contributed by atoms with E-state index >= 15 is 0 Å². The van der Waals surface area contributed by atoms with E-state index < -0.39 is 5.97 Å². The maximum absolute atomic E-state index is 12.2. The van der Waals surface area contributed by atoms with E-state index in [2.05, 4.69) is 4.98 Å². The van der Waals surface area contributed by atoms with Crippen molar-refractivity contribution in [2.45, 2.75) is 0 Å². The molecule has 0 aliphatic heterocycles. The molecular weight excluding hydrogens is 246 g/mol. The van der Waals surface area contributed by atoms with Gasteiger partial charge in [0.25, 0.3) is 0 Å². The van der Waals surface area contributed by atoms with E-state index in [1.165, 1.54) is 25.4 Å². The second kappa shape index (κ2) is 5.30. The Kier molecular flexibility index (Phi) is 3.56. The van der Waals surface area contributed by atoms with Crippen molar-refractivity contribution in [3.8, 4) is 5.75 Å². The molecule has 96 valence electrons. The summed E-state index contributed by atoms with van der Waals surface area (Å²) >= 11 is 0. The monoisotopic (exact) mass is 257 g/mol. The van der Waals surface area contributed by atoms with Gasteiger partial charge < -0.3 is 9.84 Å². The zero-order valence-corrected chi connectivity index (χ0v) is 10.2. The van der Waals surface area contributed by atoms with Crippen LogP contribution in [0.3, 0.4) is 0 Å². The van der Waals surface area contributed by atoms with E-state index in [0.717, 1.165) is 0 Å². The van der Waals surface area contributed by atoms with Gasteiger partial charge in [0.05, 0.1) is 12.7 Å². The van der Waals surface area contributed by atoms with Crippen molar-refractivity contribution >= 4 is 11.8 Å². The predicted octanol–water partition coefficient (Wildman–Crippen LogP) is 2.02. The number of carbonyl (C=O) groups is 2. The van der Waals surface area contributed by atoms with Crippen LogP contribution in [-0.4, -0.2) is 29.0 Å². The molecule has 0 unspecified atom stereocenters. The van der Waals surface area contributed by atoms with Crippen molar-refractivity contribution in [3.63, 3.8) is 0 Å². The fourth-order valence-electron chi connectivity index (χ4n) is 1.66. The Bertz CT molecular complexity index is 620. The summed E-state index contributed by atoms with van der Waals surface area (Å²) in [5.74, 6) is -0.980. The van der Waals surface area contributed by atoms with Crippen LogP contribution in [0.4, 0.5) is 0 Å². The number of carbonyl (C=O) groups excluding carboxylic acids is 1. The van der Waals surface area contributed by atoms with E-state index in [-0.39, 0.29) is 17.0 Å². The quantitative estimate of drug-likeness (QED) is 0.848. The van der Waals surface area contributed by atoms with Gasteiger partial charge in [0.1, 0.15) is 5.75 Å². The largest absolute Gasteiger partial charge is 0.497 e. The molecule has 0 atom stereocenters. The van der Waals surface area contributed by atoms with Gasteiger partial charge in [-0.2, -0.15) is 0 Å². The lowest BCUT2D eigenvalue weighted by atomic mass is 10.0. The highest BCUT2D eigenvalue weighted by Crippen LogP contribution is 2.16. The molecule has 0 fully saturated rings. The number of pyridine rings is 1. The van der Waals surface area contributed by atoms with Gasteiger partial charge in [0, 0.05) is 11.8 Å². The molecular formula is C14H11NO4. The van der Waals surface area contributed by atoms with E-state index in [9.17, 15) is 9.59 Å². The lowest BCUT2D eigenvalue weighted by Gasteiger charge is -2.05. The molecule has 5 heteroatoms. The Labute approximate surface area is 109 Å². The number of ketones is 1. The highest BCUT2D eigenvalue weighted by Gasteiger charge is 2.18. The molecule has 19 heavy (non-hydrogen) atoms. The third kappa shape index (κ3) is 2.60. The molecule has 0 saturated carbocycles. The normalized spacial score (nSPS) is 9.95. The molecule has 2 rings (SSSR count). The average molecular weight is 257 g/mol. The lowest BCUT2D eigenvalue weighted by Crippen LogP contribution is -2.11. The van der Waals surface area contributed by atoms with Gasteiger partial charge in [-0.1, -0.05) is 0 Å². The maximum Gasteiger partial charge on any atom is 0.355 e. The number of benzene rings is 1. The van der Waals surface area contributed by atoms with Crippen molar-refractivity contribution in [1.82, 2.24) is 4.98 Å². The first-order valence-corrected chi connectivity index (χ1v) is 5.50. The van der Waals surface area contributed by atoms with Gasteiger partial charge in [0.2, 0.25) is 0 Å². The Balaban J connectivity index is 2.41. The molecule has 1 N–H and O–H groups in total. The van der Waals surface area contributed by atoms with Crippen LogP contribution in [-0.2, 0) is 0 Å². The minimum atomic E-state index is -1.22. The summed E-state index contributed by atoms with van der Waals surface area (Å²) in [6.45, 7) is 0. The first kappa shape index (κ1) is 12.8. The number of aromatic nitrogens is 1. The van der Waals surface area contributed by atoms with Crippen LogP contribution in [0.5, 0.6) is 5.75 Å². The molecule has 0 aliphatic carbocycles. The first-order chi connectivity index (χ1) is 9.13. The van der Waals surface area contributed by atoms with Gasteiger partial charge >= 0.3 is 5.97 Å². The van der Waals surface area contributed by atoms with Crippen LogP contribution in [0, 0.1) is 0 Å². The van der Waals surface area contributed by atoms with E-state index in [4.69, 9.17) is 9.84 Å².